The minimum Gasteiger partial charge on any atom is -0.390 e. The fourth-order valence-corrected chi connectivity index (χ4v) is 5.85. The van der Waals surface area contributed by atoms with Crippen LogP contribution in [-0.2, 0) is 6.54 Å². The van der Waals surface area contributed by atoms with Crippen molar-refractivity contribution in [1.29, 1.82) is 0 Å². The monoisotopic (exact) mass is 475 g/mol. The second-order valence-corrected chi connectivity index (χ2v) is 11.4. The lowest BCUT2D eigenvalue weighted by Crippen LogP contribution is -2.41. The normalized spacial score (nSPS) is 21.5. The van der Waals surface area contributed by atoms with Gasteiger partial charge in [0, 0.05) is 49.2 Å². The zero-order valence-electron chi connectivity index (χ0n) is 20.8. The third-order valence-corrected chi connectivity index (χ3v) is 8.35. The number of aliphatic hydroxyl groups is 1. The Balaban J connectivity index is 1.40. The molecule has 1 aromatic carbocycles. The van der Waals surface area contributed by atoms with E-state index in [-0.39, 0.29) is 11.6 Å². The molecule has 7 nitrogen and oxygen atoms in total. The zero-order valence-corrected chi connectivity index (χ0v) is 20.8. The molecule has 1 aliphatic heterocycles. The summed E-state index contributed by atoms with van der Waals surface area (Å²) >= 11 is 0. The molecule has 0 atom stereocenters. The molecule has 2 saturated carbocycles. The van der Waals surface area contributed by atoms with Gasteiger partial charge in [0.15, 0.2) is 0 Å². The molecule has 0 unspecified atom stereocenters. The molecule has 186 valence electrons. The van der Waals surface area contributed by atoms with Gasteiger partial charge in [-0.3, -0.25) is 14.3 Å². The van der Waals surface area contributed by atoms with Crippen molar-refractivity contribution in [2.75, 3.05) is 25.0 Å². The number of likely N-dealkylation sites (tertiary alicyclic amines) is 1. The molecule has 3 aromatic rings. The first-order valence-corrected chi connectivity index (χ1v) is 13.5. The lowest BCUT2D eigenvalue weighted by Gasteiger charge is -2.35. The molecular weight excluding hydrogens is 438 g/mol. The van der Waals surface area contributed by atoms with Gasteiger partial charge in [0.05, 0.1) is 5.60 Å². The van der Waals surface area contributed by atoms with E-state index in [4.69, 9.17) is 4.98 Å². The van der Waals surface area contributed by atoms with Gasteiger partial charge in [-0.2, -0.15) is 4.98 Å². The lowest BCUT2D eigenvalue weighted by atomic mass is 9.93. The maximum Gasteiger partial charge on any atom is 0.260 e. The molecule has 35 heavy (non-hydrogen) atoms. The highest BCUT2D eigenvalue weighted by Crippen LogP contribution is 2.33. The topological polar surface area (TPSA) is 83.3 Å². The Labute approximate surface area is 206 Å². The Hall–Kier alpha value is -2.51. The highest BCUT2D eigenvalue weighted by atomic mass is 16.3. The van der Waals surface area contributed by atoms with Crippen molar-refractivity contribution in [2.24, 2.45) is 5.92 Å². The van der Waals surface area contributed by atoms with E-state index in [1.54, 1.807) is 0 Å². The zero-order chi connectivity index (χ0) is 24.0. The van der Waals surface area contributed by atoms with Gasteiger partial charge in [-0.1, -0.05) is 31.4 Å². The maximum absolute atomic E-state index is 14.0. The Morgan fingerprint density at radius 1 is 1.06 bits per heavy atom. The van der Waals surface area contributed by atoms with Gasteiger partial charge in [-0.15, -0.1) is 0 Å². The van der Waals surface area contributed by atoms with Crippen molar-refractivity contribution in [3.8, 4) is 0 Å². The van der Waals surface area contributed by atoms with Crippen LogP contribution in [0.15, 0.2) is 29.2 Å². The van der Waals surface area contributed by atoms with Gasteiger partial charge >= 0.3 is 0 Å². The number of fused-ring (bicyclic) bond motifs is 3. The second kappa shape index (κ2) is 9.17. The van der Waals surface area contributed by atoms with Crippen LogP contribution in [0.1, 0.15) is 76.3 Å². The smallest absolute Gasteiger partial charge is 0.260 e. The first-order valence-electron chi connectivity index (χ1n) is 13.5. The predicted octanol–water partition coefficient (Wildman–Crippen LogP) is 4.62. The molecule has 6 rings (SSSR count). The van der Waals surface area contributed by atoms with Crippen LogP contribution < -0.4 is 10.9 Å². The molecule has 1 saturated heterocycles. The predicted molar refractivity (Wildman–Crippen MR) is 140 cm³/mol. The van der Waals surface area contributed by atoms with E-state index < -0.39 is 5.60 Å². The minimum absolute atomic E-state index is 0.0784. The van der Waals surface area contributed by atoms with Crippen LogP contribution in [0.2, 0.25) is 0 Å². The van der Waals surface area contributed by atoms with E-state index in [2.05, 4.69) is 33.4 Å². The van der Waals surface area contributed by atoms with Crippen molar-refractivity contribution in [1.82, 2.24) is 19.4 Å². The molecule has 2 aromatic heterocycles. The Kier molecular flexibility index (Phi) is 6.01. The van der Waals surface area contributed by atoms with E-state index >= 15 is 0 Å². The van der Waals surface area contributed by atoms with E-state index in [0.717, 1.165) is 98.0 Å². The molecule has 0 amide bonds. The Morgan fingerprint density at radius 3 is 2.57 bits per heavy atom. The summed E-state index contributed by atoms with van der Waals surface area (Å²) < 4.78 is 1.99. The van der Waals surface area contributed by atoms with Crippen LogP contribution >= 0.6 is 0 Å². The standard InChI is InChI=1S/C28H37N5O2/c1-28(35)11-13-32(14-12-28)18-20-9-10-22-23(15-20)26(34)33(21-5-3-2-4-6-21)25-24(22)17-30-27(31-25)29-16-19-7-8-19/h9-10,15,17,19,21,35H,2-8,11-14,16,18H2,1H3,(H,29,30,31). The molecule has 3 heterocycles. The minimum atomic E-state index is -0.557. The molecular formula is C28H37N5O2. The van der Waals surface area contributed by atoms with E-state index in [9.17, 15) is 9.90 Å². The summed E-state index contributed by atoms with van der Waals surface area (Å²) in [6, 6.07) is 6.50. The van der Waals surface area contributed by atoms with Crippen molar-refractivity contribution < 1.29 is 5.11 Å². The quantitative estimate of drug-likeness (QED) is 0.506. The molecule has 0 bridgehead atoms. The SMILES string of the molecule is CC1(O)CCN(Cc2ccc3c(c2)c(=O)n(C2CCCCC2)c2nc(NCC4CC4)ncc32)CC1. The van der Waals surface area contributed by atoms with Crippen molar-refractivity contribution in [3.63, 3.8) is 0 Å². The average molecular weight is 476 g/mol. The fraction of sp³-hybridized carbons (Fsp3) is 0.607. The van der Waals surface area contributed by atoms with Gasteiger partial charge in [-0.25, -0.2) is 4.98 Å². The highest BCUT2D eigenvalue weighted by Gasteiger charge is 2.28. The number of rotatable bonds is 6. The number of hydrogen-bond acceptors (Lipinski definition) is 6. The van der Waals surface area contributed by atoms with Crippen molar-refractivity contribution in [3.05, 3.63) is 40.3 Å². The molecule has 0 spiro atoms. The number of pyridine rings is 1. The van der Waals surface area contributed by atoms with Crippen LogP contribution in [0.5, 0.6) is 0 Å². The third kappa shape index (κ3) is 4.81. The van der Waals surface area contributed by atoms with E-state index in [1.165, 1.54) is 19.3 Å². The van der Waals surface area contributed by atoms with Crippen LogP contribution in [0, 0.1) is 5.92 Å². The Bertz CT molecular complexity index is 1280. The highest BCUT2D eigenvalue weighted by molar-refractivity contribution is 6.04. The van der Waals surface area contributed by atoms with E-state index in [1.807, 2.05) is 17.7 Å². The van der Waals surface area contributed by atoms with Gasteiger partial charge in [-0.05, 0) is 68.4 Å². The second-order valence-electron chi connectivity index (χ2n) is 11.4. The Morgan fingerprint density at radius 2 is 1.83 bits per heavy atom. The first-order chi connectivity index (χ1) is 17.0. The molecule has 3 aliphatic rings. The summed E-state index contributed by atoms with van der Waals surface area (Å²) in [4.78, 5) is 25.9. The van der Waals surface area contributed by atoms with Crippen molar-refractivity contribution in [2.45, 2.75) is 82.9 Å². The first kappa shape index (κ1) is 22.9. The van der Waals surface area contributed by atoms with Gasteiger partial charge in [0.25, 0.3) is 5.56 Å². The van der Waals surface area contributed by atoms with Crippen LogP contribution in [-0.4, -0.2) is 49.8 Å². The van der Waals surface area contributed by atoms with Crippen LogP contribution in [0.25, 0.3) is 21.8 Å². The van der Waals surface area contributed by atoms with Crippen LogP contribution in [0.4, 0.5) is 5.95 Å². The number of hydrogen-bond donors (Lipinski definition) is 2. The number of anilines is 1. The molecule has 2 aliphatic carbocycles. The fourth-order valence-electron chi connectivity index (χ4n) is 5.85. The average Bonchev–Trinajstić information content (AvgIpc) is 3.70. The number of aromatic nitrogens is 3. The van der Waals surface area contributed by atoms with Gasteiger partial charge in [0.2, 0.25) is 5.95 Å². The van der Waals surface area contributed by atoms with Crippen molar-refractivity contribution >= 4 is 27.8 Å². The number of nitrogens with one attached hydrogen (secondary N) is 1. The molecule has 0 radical (unpaired) electrons. The van der Waals surface area contributed by atoms with Gasteiger partial charge < -0.3 is 10.4 Å². The lowest BCUT2D eigenvalue weighted by molar-refractivity contribution is -0.00729. The third-order valence-electron chi connectivity index (χ3n) is 8.35. The largest absolute Gasteiger partial charge is 0.390 e. The summed E-state index contributed by atoms with van der Waals surface area (Å²) in [7, 11) is 0. The maximum atomic E-state index is 14.0. The summed E-state index contributed by atoms with van der Waals surface area (Å²) in [5.41, 5.74) is 1.44. The van der Waals surface area contributed by atoms with Gasteiger partial charge in [0.1, 0.15) is 5.65 Å². The molecule has 7 heteroatoms. The number of benzene rings is 1. The number of nitrogens with zero attached hydrogens (tertiary/aromatic N) is 4. The van der Waals surface area contributed by atoms with E-state index in [0.29, 0.717) is 5.95 Å². The molecule has 2 N–H and O–H groups in total. The summed E-state index contributed by atoms with van der Waals surface area (Å²) in [5, 5.41) is 16.4. The van der Waals surface area contributed by atoms with Crippen LogP contribution in [0.3, 0.4) is 0 Å². The summed E-state index contributed by atoms with van der Waals surface area (Å²) in [6.07, 6.45) is 11.7. The molecule has 3 fully saturated rings. The summed E-state index contributed by atoms with van der Waals surface area (Å²) in [5.74, 6) is 1.36. The number of piperidine rings is 1. The summed E-state index contributed by atoms with van der Waals surface area (Å²) in [6.45, 7) is 5.38.